The quantitative estimate of drug-likeness (QED) is 0.545. The summed E-state index contributed by atoms with van der Waals surface area (Å²) in [6, 6.07) is 2.51. The van der Waals surface area contributed by atoms with E-state index in [2.05, 4.69) is 41.4 Å². The summed E-state index contributed by atoms with van der Waals surface area (Å²) in [5.41, 5.74) is 1.10. The van der Waals surface area contributed by atoms with Crippen LogP contribution in [0.5, 0.6) is 0 Å². The molecule has 0 aliphatic carbocycles. The van der Waals surface area contributed by atoms with Gasteiger partial charge in [0.05, 0.1) is 25.5 Å². The summed E-state index contributed by atoms with van der Waals surface area (Å²) >= 11 is 0. The molecule has 142 valence electrons. The molecular formula is C18H34N6O. The Hall–Kier alpha value is -1.60. The molecule has 1 aliphatic rings. The summed E-state index contributed by atoms with van der Waals surface area (Å²) in [5, 5.41) is 11.1. The summed E-state index contributed by atoms with van der Waals surface area (Å²) in [7, 11) is 1.95. The van der Waals surface area contributed by atoms with Crippen LogP contribution in [0, 0.1) is 5.92 Å². The first-order valence-electron chi connectivity index (χ1n) is 9.41. The highest BCUT2D eigenvalue weighted by atomic mass is 16.5. The Kier molecular flexibility index (Phi) is 8.21. The zero-order chi connectivity index (χ0) is 18.1. The van der Waals surface area contributed by atoms with E-state index in [0.29, 0.717) is 18.5 Å². The van der Waals surface area contributed by atoms with Crippen molar-refractivity contribution in [1.29, 1.82) is 0 Å². The first-order valence-corrected chi connectivity index (χ1v) is 9.41. The molecule has 7 nitrogen and oxygen atoms in total. The molecule has 0 saturated carbocycles. The van der Waals surface area contributed by atoms with Crippen molar-refractivity contribution in [2.24, 2.45) is 18.0 Å². The van der Waals surface area contributed by atoms with Gasteiger partial charge in [-0.25, -0.2) is 4.99 Å². The minimum atomic E-state index is 0.504. The van der Waals surface area contributed by atoms with Crippen molar-refractivity contribution < 1.29 is 4.74 Å². The Morgan fingerprint density at radius 2 is 2.08 bits per heavy atom. The molecule has 0 aromatic carbocycles. The van der Waals surface area contributed by atoms with Gasteiger partial charge in [-0.1, -0.05) is 13.8 Å². The Morgan fingerprint density at radius 1 is 1.32 bits per heavy atom. The minimum Gasteiger partial charge on any atom is -0.379 e. The van der Waals surface area contributed by atoms with Crippen molar-refractivity contribution in [3.63, 3.8) is 0 Å². The molecule has 1 atom stereocenters. The summed E-state index contributed by atoms with van der Waals surface area (Å²) in [4.78, 5) is 7.25. The number of aryl methyl sites for hydroxylation is 1. The molecule has 1 fully saturated rings. The molecule has 1 unspecified atom stereocenters. The van der Waals surface area contributed by atoms with E-state index in [0.717, 1.165) is 51.0 Å². The maximum absolute atomic E-state index is 5.50. The molecule has 2 N–H and O–H groups in total. The van der Waals surface area contributed by atoms with Crippen LogP contribution in [0.4, 0.5) is 0 Å². The van der Waals surface area contributed by atoms with E-state index in [1.807, 2.05) is 24.0 Å². The second kappa shape index (κ2) is 10.4. The van der Waals surface area contributed by atoms with Crippen LogP contribution < -0.4 is 10.6 Å². The van der Waals surface area contributed by atoms with Crippen LogP contribution in [0.1, 0.15) is 32.9 Å². The Morgan fingerprint density at radius 3 is 2.68 bits per heavy atom. The lowest BCUT2D eigenvalue weighted by Crippen LogP contribution is -2.51. The fourth-order valence-electron chi connectivity index (χ4n) is 3.12. The summed E-state index contributed by atoms with van der Waals surface area (Å²) < 4.78 is 7.37. The Balaban J connectivity index is 1.94. The van der Waals surface area contributed by atoms with Gasteiger partial charge in [-0.05, 0) is 25.3 Å². The average Bonchev–Trinajstić information content (AvgIpc) is 3.01. The second-order valence-electron chi connectivity index (χ2n) is 6.95. The highest BCUT2D eigenvalue weighted by molar-refractivity contribution is 5.79. The third kappa shape index (κ3) is 6.66. The summed E-state index contributed by atoms with van der Waals surface area (Å²) in [6.45, 7) is 12.7. The number of morpholine rings is 1. The molecule has 0 amide bonds. The molecule has 1 saturated heterocycles. The van der Waals surface area contributed by atoms with Gasteiger partial charge in [0.25, 0.3) is 0 Å². The van der Waals surface area contributed by atoms with Crippen molar-refractivity contribution in [2.45, 2.75) is 39.8 Å². The predicted molar refractivity (Wildman–Crippen MR) is 102 cm³/mol. The smallest absolute Gasteiger partial charge is 0.191 e. The molecule has 7 heteroatoms. The van der Waals surface area contributed by atoms with E-state index < -0.39 is 0 Å². The number of aromatic nitrogens is 2. The van der Waals surface area contributed by atoms with Crippen LogP contribution in [0.25, 0.3) is 0 Å². The van der Waals surface area contributed by atoms with Crippen LogP contribution >= 0.6 is 0 Å². The van der Waals surface area contributed by atoms with Gasteiger partial charge in [0.15, 0.2) is 5.96 Å². The number of hydrogen-bond acceptors (Lipinski definition) is 4. The number of aliphatic imine (C=N–C) groups is 1. The maximum atomic E-state index is 5.50. The highest BCUT2D eigenvalue weighted by Crippen LogP contribution is 2.13. The van der Waals surface area contributed by atoms with Gasteiger partial charge >= 0.3 is 0 Å². The van der Waals surface area contributed by atoms with Crippen molar-refractivity contribution in [1.82, 2.24) is 25.3 Å². The van der Waals surface area contributed by atoms with Crippen LogP contribution in [-0.2, 0) is 18.3 Å². The molecule has 0 bridgehead atoms. The maximum Gasteiger partial charge on any atom is 0.191 e. The Bertz CT molecular complexity index is 521. The van der Waals surface area contributed by atoms with Crippen molar-refractivity contribution >= 4 is 5.96 Å². The molecule has 2 rings (SSSR count). The standard InChI is InChI=1S/C18H34N6O/c1-5-19-18(20-13-16-6-7-22-23(16)4)21-14-17(12-15(2)3)24-8-10-25-11-9-24/h6-7,15,17H,5,8-14H2,1-4H3,(H2,19,20,21). The molecule has 1 aromatic heterocycles. The van der Waals surface area contributed by atoms with Crippen molar-refractivity contribution in [3.05, 3.63) is 18.0 Å². The van der Waals surface area contributed by atoms with Gasteiger partial charge < -0.3 is 15.4 Å². The second-order valence-corrected chi connectivity index (χ2v) is 6.95. The van der Waals surface area contributed by atoms with E-state index in [9.17, 15) is 0 Å². The van der Waals surface area contributed by atoms with Gasteiger partial charge in [0.1, 0.15) is 0 Å². The largest absolute Gasteiger partial charge is 0.379 e. The SMILES string of the molecule is CCNC(=NCc1ccnn1C)NCC(CC(C)C)N1CCOCC1. The highest BCUT2D eigenvalue weighted by Gasteiger charge is 2.22. The lowest BCUT2D eigenvalue weighted by molar-refractivity contribution is 0.0132. The third-order valence-corrected chi connectivity index (χ3v) is 4.48. The van der Waals surface area contributed by atoms with E-state index in [-0.39, 0.29) is 0 Å². The fourth-order valence-corrected chi connectivity index (χ4v) is 3.12. The van der Waals surface area contributed by atoms with Crippen molar-refractivity contribution in [2.75, 3.05) is 39.4 Å². The lowest BCUT2D eigenvalue weighted by Gasteiger charge is -2.35. The van der Waals surface area contributed by atoms with E-state index in [4.69, 9.17) is 9.73 Å². The minimum absolute atomic E-state index is 0.504. The summed E-state index contributed by atoms with van der Waals surface area (Å²) in [5.74, 6) is 1.54. The van der Waals surface area contributed by atoms with Gasteiger partial charge in [-0.15, -0.1) is 0 Å². The molecule has 25 heavy (non-hydrogen) atoms. The average molecular weight is 351 g/mol. The summed E-state index contributed by atoms with van der Waals surface area (Å²) in [6.07, 6.45) is 2.98. The Labute approximate surface area is 151 Å². The van der Waals surface area contributed by atoms with Crippen LogP contribution in [0.3, 0.4) is 0 Å². The van der Waals surface area contributed by atoms with Crippen LogP contribution in [0.15, 0.2) is 17.3 Å². The van der Waals surface area contributed by atoms with Gasteiger partial charge in [0.2, 0.25) is 0 Å². The van der Waals surface area contributed by atoms with Crippen LogP contribution in [-0.4, -0.2) is 66.1 Å². The fraction of sp³-hybridized carbons (Fsp3) is 0.778. The number of ether oxygens (including phenoxy) is 1. The first kappa shape index (κ1) is 19.7. The van der Waals surface area contributed by atoms with Gasteiger partial charge in [0, 0.05) is 45.5 Å². The zero-order valence-corrected chi connectivity index (χ0v) is 16.2. The van der Waals surface area contributed by atoms with E-state index in [1.54, 1.807) is 0 Å². The van der Waals surface area contributed by atoms with Gasteiger partial charge in [-0.3, -0.25) is 9.58 Å². The molecule has 0 radical (unpaired) electrons. The normalized spacial score (nSPS) is 17.7. The first-order chi connectivity index (χ1) is 12.1. The van der Waals surface area contributed by atoms with Crippen molar-refractivity contribution in [3.8, 4) is 0 Å². The predicted octanol–water partition coefficient (Wildman–Crippen LogP) is 1.22. The zero-order valence-electron chi connectivity index (χ0n) is 16.2. The van der Waals surface area contributed by atoms with E-state index in [1.165, 1.54) is 6.42 Å². The monoisotopic (exact) mass is 350 g/mol. The molecule has 1 aromatic rings. The van der Waals surface area contributed by atoms with E-state index >= 15 is 0 Å². The molecule has 2 heterocycles. The topological polar surface area (TPSA) is 66.7 Å². The number of nitrogens with one attached hydrogen (secondary N) is 2. The third-order valence-electron chi connectivity index (χ3n) is 4.48. The number of rotatable bonds is 8. The molecule has 0 spiro atoms. The molecular weight excluding hydrogens is 316 g/mol. The lowest BCUT2D eigenvalue weighted by atomic mass is 10.0. The molecule has 1 aliphatic heterocycles. The number of guanidine groups is 1. The van der Waals surface area contributed by atoms with Gasteiger partial charge in [-0.2, -0.15) is 5.10 Å². The number of hydrogen-bond donors (Lipinski definition) is 2. The number of nitrogens with zero attached hydrogens (tertiary/aromatic N) is 4. The van der Waals surface area contributed by atoms with Crippen LogP contribution in [0.2, 0.25) is 0 Å².